The Morgan fingerprint density at radius 1 is 1.45 bits per heavy atom. The van der Waals surface area contributed by atoms with E-state index in [2.05, 4.69) is 41.2 Å². The highest BCUT2D eigenvalue weighted by atomic mass is 32.2. The lowest BCUT2D eigenvalue weighted by atomic mass is 9.83. The first kappa shape index (κ1) is 11.1. The third-order valence-electron chi connectivity index (χ3n) is 2.25. The minimum atomic E-state index is 0.434. The van der Waals surface area contributed by atoms with E-state index in [9.17, 15) is 0 Å². The molecule has 0 unspecified atom stereocenters. The normalized spacial score (nSPS) is 12.2. The molecule has 0 spiro atoms. The summed E-state index contributed by atoms with van der Waals surface area (Å²) in [6.45, 7) is 15.1. The van der Waals surface area contributed by atoms with Crippen LogP contribution in [0.15, 0.2) is 11.5 Å². The molecule has 0 N–H and O–H groups in total. The summed E-state index contributed by atoms with van der Waals surface area (Å²) in [7, 11) is 0. The van der Waals surface area contributed by atoms with Gasteiger partial charge in [0, 0.05) is 5.75 Å². The van der Waals surface area contributed by atoms with Crippen molar-refractivity contribution in [3.05, 3.63) is 11.5 Å². The Morgan fingerprint density at radius 3 is 2.18 bits per heavy atom. The number of hydrogen-bond acceptors (Lipinski definition) is 1. The quantitative estimate of drug-likeness (QED) is 0.619. The summed E-state index contributed by atoms with van der Waals surface area (Å²) in [5.74, 6) is 1.93. The molecule has 0 atom stereocenters. The van der Waals surface area contributed by atoms with Gasteiger partial charge < -0.3 is 0 Å². The highest BCUT2D eigenvalue weighted by Gasteiger charge is 2.21. The van der Waals surface area contributed by atoms with Gasteiger partial charge >= 0.3 is 0 Å². The molecule has 0 heterocycles. The molecule has 0 aromatic heterocycles. The van der Waals surface area contributed by atoms with Crippen LogP contribution in [0.25, 0.3) is 0 Å². The second-order valence-electron chi connectivity index (χ2n) is 4.13. The summed E-state index contributed by atoms with van der Waals surface area (Å²) in [6.07, 6.45) is 0. The predicted octanol–water partition coefficient (Wildman–Crippen LogP) is 3.94. The van der Waals surface area contributed by atoms with Gasteiger partial charge in [-0.25, -0.2) is 0 Å². The van der Waals surface area contributed by atoms with Crippen LogP contribution >= 0.6 is 11.8 Å². The molecule has 0 fully saturated rings. The van der Waals surface area contributed by atoms with Crippen molar-refractivity contribution in [3.63, 3.8) is 0 Å². The van der Waals surface area contributed by atoms with Gasteiger partial charge in [-0.1, -0.05) is 34.3 Å². The summed E-state index contributed by atoms with van der Waals surface area (Å²) in [5, 5.41) is 0. The van der Waals surface area contributed by atoms with Crippen LogP contribution in [0.5, 0.6) is 0 Å². The van der Waals surface area contributed by atoms with Gasteiger partial charge in [0.15, 0.2) is 0 Å². The van der Waals surface area contributed by atoms with Crippen molar-refractivity contribution in [2.45, 2.75) is 34.6 Å². The summed E-state index contributed by atoms with van der Waals surface area (Å²) in [4.78, 5) is 1.22. The standard InChI is InChI=1S/C10H20S/c1-8(2)10(5,6)7-11-9(3)4/h8H,3,7H2,1-2,4-6H3. The molecule has 1 heteroatoms. The van der Waals surface area contributed by atoms with E-state index in [1.54, 1.807) is 0 Å². The van der Waals surface area contributed by atoms with Gasteiger partial charge in [0.2, 0.25) is 0 Å². The smallest absolute Gasteiger partial charge is 0.00303 e. The Morgan fingerprint density at radius 2 is 1.91 bits per heavy atom. The molecule has 0 radical (unpaired) electrons. The van der Waals surface area contributed by atoms with Gasteiger partial charge in [-0.15, -0.1) is 11.8 Å². The number of thioether (sulfide) groups is 1. The maximum Gasteiger partial charge on any atom is 0.00303 e. The summed E-state index contributed by atoms with van der Waals surface area (Å²) < 4.78 is 0. The first-order valence-electron chi connectivity index (χ1n) is 4.14. The fourth-order valence-corrected chi connectivity index (χ4v) is 1.43. The maximum atomic E-state index is 3.88. The molecule has 0 rings (SSSR count). The van der Waals surface area contributed by atoms with Crippen molar-refractivity contribution in [1.29, 1.82) is 0 Å². The van der Waals surface area contributed by atoms with Crippen molar-refractivity contribution in [2.75, 3.05) is 5.75 Å². The van der Waals surface area contributed by atoms with Crippen molar-refractivity contribution in [2.24, 2.45) is 11.3 Å². The van der Waals surface area contributed by atoms with Gasteiger partial charge in [-0.3, -0.25) is 0 Å². The van der Waals surface area contributed by atoms with Gasteiger partial charge in [-0.05, 0) is 23.2 Å². The number of hydrogen-bond donors (Lipinski definition) is 0. The monoisotopic (exact) mass is 172 g/mol. The van der Waals surface area contributed by atoms with Gasteiger partial charge in [0.05, 0.1) is 0 Å². The van der Waals surface area contributed by atoms with E-state index >= 15 is 0 Å². The van der Waals surface area contributed by atoms with E-state index in [-0.39, 0.29) is 0 Å². The molecule has 0 aromatic rings. The first-order chi connectivity index (χ1) is 4.86. The Labute approximate surface area is 75.5 Å². The highest BCUT2D eigenvalue weighted by molar-refractivity contribution is 8.03. The maximum absolute atomic E-state index is 3.88. The third kappa shape index (κ3) is 4.52. The molecule has 0 aliphatic heterocycles. The highest BCUT2D eigenvalue weighted by Crippen LogP contribution is 2.32. The Hall–Kier alpha value is 0.0900. The van der Waals surface area contributed by atoms with E-state index < -0.39 is 0 Å². The molecule has 0 amide bonds. The van der Waals surface area contributed by atoms with Crippen LogP contribution in [-0.4, -0.2) is 5.75 Å². The van der Waals surface area contributed by atoms with E-state index in [4.69, 9.17) is 0 Å². The molecular formula is C10H20S. The molecule has 0 saturated carbocycles. The predicted molar refractivity (Wildman–Crippen MR) is 55.9 cm³/mol. The minimum absolute atomic E-state index is 0.434. The Bertz CT molecular complexity index is 134. The number of rotatable bonds is 4. The molecule has 0 bridgehead atoms. The van der Waals surface area contributed by atoms with E-state index in [1.165, 1.54) is 10.7 Å². The summed E-state index contributed by atoms with van der Waals surface area (Å²) in [6, 6.07) is 0. The molecule has 11 heavy (non-hydrogen) atoms. The fourth-order valence-electron chi connectivity index (χ4n) is 0.476. The van der Waals surface area contributed by atoms with E-state index in [1.807, 2.05) is 11.8 Å². The lowest BCUT2D eigenvalue weighted by Crippen LogP contribution is -2.21. The summed E-state index contributed by atoms with van der Waals surface area (Å²) in [5.41, 5.74) is 0.434. The van der Waals surface area contributed by atoms with Crippen LogP contribution in [0, 0.1) is 11.3 Å². The molecular weight excluding hydrogens is 152 g/mol. The molecule has 0 aliphatic rings. The third-order valence-corrected chi connectivity index (χ3v) is 3.63. The van der Waals surface area contributed by atoms with Crippen molar-refractivity contribution < 1.29 is 0 Å². The van der Waals surface area contributed by atoms with E-state index in [0.717, 1.165) is 5.92 Å². The first-order valence-corrected chi connectivity index (χ1v) is 5.13. The van der Waals surface area contributed by atoms with Gasteiger partial charge in [-0.2, -0.15) is 0 Å². The van der Waals surface area contributed by atoms with Crippen molar-refractivity contribution in [1.82, 2.24) is 0 Å². The molecule has 66 valence electrons. The second kappa shape index (κ2) is 4.20. The van der Waals surface area contributed by atoms with Crippen LogP contribution < -0.4 is 0 Å². The summed E-state index contributed by atoms with van der Waals surface area (Å²) >= 11 is 1.87. The lowest BCUT2D eigenvalue weighted by Gasteiger charge is -2.28. The SMILES string of the molecule is C=C(C)SCC(C)(C)C(C)C. The van der Waals surface area contributed by atoms with Crippen LogP contribution in [0.4, 0.5) is 0 Å². The van der Waals surface area contributed by atoms with Gasteiger partial charge in [0.25, 0.3) is 0 Å². The Kier molecular flexibility index (Phi) is 4.23. The van der Waals surface area contributed by atoms with Crippen LogP contribution in [0.1, 0.15) is 34.6 Å². The largest absolute Gasteiger partial charge is 0.131 e. The van der Waals surface area contributed by atoms with Crippen LogP contribution in [0.2, 0.25) is 0 Å². The van der Waals surface area contributed by atoms with Crippen molar-refractivity contribution in [3.8, 4) is 0 Å². The molecule has 0 nitrogen and oxygen atoms in total. The average Bonchev–Trinajstić information content (AvgIpc) is 1.84. The molecule has 0 aliphatic carbocycles. The van der Waals surface area contributed by atoms with Crippen LogP contribution in [0.3, 0.4) is 0 Å². The topological polar surface area (TPSA) is 0 Å². The van der Waals surface area contributed by atoms with Gasteiger partial charge in [0.1, 0.15) is 0 Å². The zero-order chi connectivity index (χ0) is 9.07. The minimum Gasteiger partial charge on any atom is -0.131 e. The zero-order valence-corrected chi connectivity index (χ0v) is 9.22. The number of allylic oxidation sites excluding steroid dienone is 1. The molecule has 0 saturated heterocycles. The Balaban J connectivity index is 3.82. The molecule has 0 aromatic carbocycles. The fraction of sp³-hybridized carbons (Fsp3) is 0.800. The van der Waals surface area contributed by atoms with E-state index in [0.29, 0.717) is 5.41 Å². The average molecular weight is 172 g/mol. The zero-order valence-electron chi connectivity index (χ0n) is 8.40. The lowest BCUT2D eigenvalue weighted by molar-refractivity contribution is 0.292. The van der Waals surface area contributed by atoms with Crippen molar-refractivity contribution >= 4 is 11.8 Å². The van der Waals surface area contributed by atoms with Crippen LogP contribution in [-0.2, 0) is 0 Å². The second-order valence-corrected chi connectivity index (χ2v) is 5.41.